The number of ether oxygens (including phenoxy) is 3. The second-order valence-electron chi connectivity index (χ2n) is 8.60. The van der Waals surface area contributed by atoms with Crippen LogP contribution >= 0.6 is 0 Å². The van der Waals surface area contributed by atoms with E-state index in [-0.39, 0.29) is 27.5 Å². The number of nitrogens with two attached hydrogens (primary N) is 1. The van der Waals surface area contributed by atoms with E-state index in [1.54, 1.807) is 20.8 Å². The molecule has 1 amide bonds. The highest BCUT2D eigenvalue weighted by Gasteiger charge is 2.47. The molecular formula is C17H27F3N4O5Si. The lowest BCUT2D eigenvalue weighted by molar-refractivity contribution is -0.325. The van der Waals surface area contributed by atoms with Gasteiger partial charge in [0.1, 0.15) is 18.2 Å². The van der Waals surface area contributed by atoms with Crippen LogP contribution in [0.1, 0.15) is 45.5 Å². The molecule has 3 heterocycles. The summed E-state index contributed by atoms with van der Waals surface area (Å²) in [5.41, 5.74) is 6.80. The Labute approximate surface area is 174 Å². The van der Waals surface area contributed by atoms with Gasteiger partial charge in [0.25, 0.3) is 0 Å². The van der Waals surface area contributed by atoms with Gasteiger partial charge in [-0.2, -0.15) is 0 Å². The summed E-state index contributed by atoms with van der Waals surface area (Å²) in [5.74, 6) is 0.139. The number of aromatic nitrogens is 2. The van der Waals surface area contributed by atoms with Gasteiger partial charge in [-0.15, -0.1) is 18.3 Å². The first-order valence-electron chi connectivity index (χ1n) is 9.85. The average molecular weight is 453 g/mol. The van der Waals surface area contributed by atoms with Crippen molar-refractivity contribution in [2.45, 2.75) is 68.7 Å². The van der Waals surface area contributed by atoms with Crippen molar-refractivity contribution in [3.63, 3.8) is 0 Å². The largest absolute Gasteiger partial charge is 0.522 e. The molecule has 2 aliphatic rings. The van der Waals surface area contributed by atoms with Gasteiger partial charge in [0.05, 0.1) is 6.61 Å². The summed E-state index contributed by atoms with van der Waals surface area (Å²) in [4.78, 5) is 14.4. The van der Waals surface area contributed by atoms with E-state index in [1.165, 1.54) is 4.90 Å². The molecule has 0 radical (unpaired) electrons. The molecule has 3 rings (SSSR count). The van der Waals surface area contributed by atoms with Crippen LogP contribution in [0.4, 0.5) is 18.0 Å². The van der Waals surface area contributed by atoms with Gasteiger partial charge in [0.15, 0.2) is 0 Å². The summed E-state index contributed by atoms with van der Waals surface area (Å²) in [6.07, 6.45) is -4.04. The third-order valence-corrected chi connectivity index (χ3v) is 7.73. The van der Waals surface area contributed by atoms with Crippen molar-refractivity contribution >= 4 is 15.6 Å². The van der Waals surface area contributed by atoms with Gasteiger partial charge in [-0.05, 0) is 38.3 Å². The van der Waals surface area contributed by atoms with E-state index in [0.29, 0.717) is 24.0 Å². The quantitative estimate of drug-likeness (QED) is 0.534. The van der Waals surface area contributed by atoms with Crippen molar-refractivity contribution in [1.29, 1.82) is 0 Å². The van der Waals surface area contributed by atoms with Crippen LogP contribution in [0.3, 0.4) is 0 Å². The molecule has 1 aromatic rings. The fourth-order valence-corrected chi connectivity index (χ4v) is 5.72. The van der Waals surface area contributed by atoms with E-state index in [9.17, 15) is 18.0 Å². The number of nitrogens with zero attached hydrogens (tertiary/aromatic N) is 3. The predicted octanol–water partition coefficient (Wildman–Crippen LogP) is 2.14. The molecule has 0 bridgehead atoms. The topological polar surface area (TPSA) is 113 Å². The molecule has 0 spiro atoms. The van der Waals surface area contributed by atoms with E-state index in [1.807, 2.05) is 0 Å². The third-order valence-electron chi connectivity index (χ3n) is 5.03. The van der Waals surface area contributed by atoms with Crippen molar-refractivity contribution in [1.82, 2.24) is 15.1 Å². The number of carbonyl (C=O) groups excluding carboxylic acids is 1. The normalized spacial score (nSPS) is 27.9. The van der Waals surface area contributed by atoms with Crippen LogP contribution in [0.2, 0.25) is 11.1 Å². The molecule has 170 valence electrons. The highest BCUT2D eigenvalue weighted by molar-refractivity contribution is 6.54. The van der Waals surface area contributed by atoms with Crippen LogP contribution in [-0.4, -0.2) is 68.5 Å². The Kier molecular flexibility index (Phi) is 6.62. The maximum Gasteiger partial charge on any atom is 0.522 e. The number of hydrogen-bond acceptors (Lipinski definition) is 8. The van der Waals surface area contributed by atoms with Gasteiger partial charge >= 0.3 is 18.5 Å². The molecule has 2 N–H and O–H groups in total. The summed E-state index contributed by atoms with van der Waals surface area (Å²) in [5, 5.41) is 7.67. The smallest absolute Gasteiger partial charge is 0.447 e. The highest BCUT2D eigenvalue weighted by atomic mass is 28.2. The van der Waals surface area contributed by atoms with Crippen molar-refractivity contribution in [2.75, 3.05) is 19.8 Å². The van der Waals surface area contributed by atoms with Crippen LogP contribution in [0, 0.1) is 0 Å². The Morgan fingerprint density at radius 1 is 1.27 bits per heavy atom. The Morgan fingerprint density at radius 2 is 2.00 bits per heavy atom. The average Bonchev–Trinajstić information content (AvgIpc) is 3.21. The van der Waals surface area contributed by atoms with Crippen molar-refractivity contribution < 1.29 is 36.6 Å². The molecule has 2 aliphatic heterocycles. The SMILES string of the molecule is CC(C)(C)OC(=O)N1C[C@@H](N)C2[SiH2]C2CC[C@@H]1c1nnc(OCCOC(F)(F)F)o1. The maximum atomic E-state index is 12.9. The number of fused-ring (bicyclic) bond motifs is 1. The minimum Gasteiger partial charge on any atom is -0.447 e. The predicted molar refractivity (Wildman–Crippen MR) is 101 cm³/mol. The molecule has 4 atom stereocenters. The molecule has 2 fully saturated rings. The Hall–Kier alpha value is -1.86. The Bertz CT molecular complexity index is 742. The highest BCUT2D eigenvalue weighted by Crippen LogP contribution is 2.50. The fourth-order valence-electron chi connectivity index (χ4n) is 3.62. The lowest BCUT2D eigenvalue weighted by atomic mass is 10.00. The molecule has 30 heavy (non-hydrogen) atoms. The molecular weight excluding hydrogens is 425 g/mol. The minimum atomic E-state index is -4.74. The lowest BCUT2D eigenvalue weighted by Gasteiger charge is -2.35. The van der Waals surface area contributed by atoms with Crippen LogP contribution in [0.25, 0.3) is 0 Å². The zero-order valence-electron chi connectivity index (χ0n) is 17.1. The molecule has 9 nitrogen and oxygen atoms in total. The van der Waals surface area contributed by atoms with Crippen LogP contribution in [-0.2, 0) is 9.47 Å². The van der Waals surface area contributed by atoms with E-state index in [4.69, 9.17) is 19.6 Å². The summed E-state index contributed by atoms with van der Waals surface area (Å²) < 4.78 is 55.7. The number of hydrogen-bond donors (Lipinski definition) is 1. The third kappa shape index (κ3) is 6.32. The second-order valence-corrected chi connectivity index (χ2v) is 11.1. The standard InChI is InChI=1S/C17H27F3N4O5Si/c1-16(2,3)29-15(25)24-8-9(21)12-11(30-12)5-4-10(24)13-22-23-14(28-13)26-6-7-27-17(18,19)20/h9-12H,4-8,21,30H2,1-3H3/t9-,10-,11?,12?/m1/s1. The van der Waals surface area contributed by atoms with E-state index in [0.717, 1.165) is 6.42 Å². The Balaban J connectivity index is 1.70. The monoisotopic (exact) mass is 452 g/mol. The number of likely N-dealkylation sites (tertiary alicyclic amines) is 1. The molecule has 2 saturated heterocycles. The fraction of sp³-hybridized carbons (Fsp3) is 0.824. The van der Waals surface area contributed by atoms with Gasteiger partial charge in [0.2, 0.25) is 5.89 Å². The van der Waals surface area contributed by atoms with Crippen molar-refractivity contribution in [2.24, 2.45) is 5.73 Å². The molecule has 0 saturated carbocycles. The van der Waals surface area contributed by atoms with Gasteiger partial charge in [-0.3, -0.25) is 9.64 Å². The van der Waals surface area contributed by atoms with Crippen LogP contribution in [0.5, 0.6) is 6.08 Å². The van der Waals surface area contributed by atoms with E-state index in [2.05, 4.69) is 14.9 Å². The van der Waals surface area contributed by atoms with Gasteiger partial charge in [-0.1, -0.05) is 11.5 Å². The number of carbonyl (C=O) groups is 1. The molecule has 2 unspecified atom stereocenters. The number of halogens is 3. The molecule has 0 aromatic carbocycles. The zero-order chi connectivity index (χ0) is 22.1. The van der Waals surface area contributed by atoms with Gasteiger partial charge in [0, 0.05) is 22.1 Å². The first-order chi connectivity index (χ1) is 13.9. The summed E-state index contributed by atoms with van der Waals surface area (Å²) in [6, 6.07) is -0.673. The summed E-state index contributed by atoms with van der Waals surface area (Å²) >= 11 is 0. The number of rotatable bonds is 5. The first-order valence-corrected chi connectivity index (χ1v) is 11.5. The van der Waals surface area contributed by atoms with E-state index >= 15 is 0 Å². The summed E-state index contributed by atoms with van der Waals surface area (Å²) in [7, 11) is -0.240. The van der Waals surface area contributed by atoms with Gasteiger partial charge in [-0.25, -0.2) is 4.79 Å². The minimum absolute atomic E-state index is 0.129. The lowest BCUT2D eigenvalue weighted by Crippen LogP contribution is -2.46. The first kappa shape index (κ1) is 22.8. The molecule has 0 aliphatic carbocycles. The zero-order valence-corrected chi connectivity index (χ0v) is 18.6. The Morgan fingerprint density at radius 3 is 2.67 bits per heavy atom. The van der Waals surface area contributed by atoms with Gasteiger partial charge < -0.3 is 19.6 Å². The molecule has 1 aromatic heterocycles. The van der Waals surface area contributed by atoms with Crippen molar-refractivity contribution in [3.05, 3.63) is 5.89 Å². The van der Waals surface area contributed by atoms with E-state index < -0.39 is 37.3 Å². The number of alkyl halides is 3. The maximum absolute atomic E-state index is 12.9. The number of amides is 1. The summed E-state index contributed by atoms with van der Waals surface area (Å²) in [6.45, 7) is 4.50. The van der Waals surface area contributed by atoms with Crippen molar-refractivity contribution in [3.8, 4) is 6.08 Å². The van der Waals surface area contributed by atoms with Crippen LogP contribution < -0.4 is 10.5 Å². The second kappa shape index (κ2) is 8.71. The van der Waals surface area contributed by atoms with Crippen LogP contribution in [0.15, 0.2) is 4.42 Å². The molecule has 13 heteroatoms.